The van der Waals surface area contributed by atoms with E-state index in [2.05, 4.69) is 15.6 Å². The third-order valence-corrected chi connectivity index (χ3v) is 5.20. The summed E-state index contributed by atoms with van der Waals surface area (Å²) in [5, 5.41) is 27.4. The van der Waals surface area contributed by atoms with E-state index in [0.717, 1.165) is 6.07 Å². The molecule has 168 valence electrons. The van der Waals surface area contributed by atoms with Crippen LogP contribution in [0, 0.1) is 6.92 Å². The topological polar surface area (TPSA) is 151 Å². The van der Waals surface area contributed by atoms with E-state index in [0.29, 0.717) is 10.7 Å². The van der Waals surface area contributed by atoms with Crippen molar-refractivity contribution in [2.24, 2.45) is 0 Å². The van der Waals surface area contributed by atoms with Crippen LogP contribution in [0.25, 0.3) is 0 Å². The second kappa shape index (κ2) is 9.96. The third kappa shape index (κ3) is 5.43. The minimum atomic E-state index is -0.890. The SMILES string of the molecule is COc1cc([C@@H](CC(=O)NCC(=O)Nc2nccs2)c2oc(C)cc(=O)c2O)ccc1O. The number of nitrogens with zero attached hydrogens (tertiary/aromatic N) is 1. The Kier molecular flexibility index (Phi) is 7.11. The number of benzene rings is 1. The first-order valence-electron chi connectivity index (χ1n) is 9.45. The molecule has 0 radical (unpaired) electrons. The molecule has 1 aromatic carbocycles. The number of carbonyl (C=O) groups excluding carboxylic acids is 2. The summed E-state index contributed by atoms with van der Waals surface area (Å²) in [6, 6.07) is 5.50. The van der Waals surface area contributed by atoms with E-state index in [1.54, 1.807) is 12.3 Å². The number of amides is 2. The maximum Gasteiger partial charge on any atom is 0.245 e. The molecular formula is C21H21N3O7S. The van der Waals surface area contributed by atoms with E-state index in [9.17, 15) is 24.6 Å². The lowest BCUT2D eigenvalue weighted by atomic mass is 9.91. The summed E-state index contributed by atoms with van der Waals surface area (Å²) in [4.78, 5) is 40.7. The van der Waals surface area contributed by atoms with Gasteiger partial charge < -0.3 is 30.0 Å². The van der Waals surface area contributed by atoms with E-state index in [1.165, 1.54) is 42.8 Å². The first-order valence-corrected chi connectivity index (χ1v) is 10.3. The van der Waals surface area contributed by atoms with Crippen molar-refractivity contribution in [3.05, 3.63) is 63.1 Å². The monoisotopic (exact) mass is 459 g/mol. The molecule has 3 rings (SSSR count). The van der Waals surface area contributed by atoms with Gasteiger partial charge in [-0.3, -0.25) is 14.4 Å². The van der Waals surface area contributed by atoms with Gasteiger partial charge in [0.1, 0.15) is 5.76 Å². The van der Waals surface area contributed by atoms with Gasteiger partial charge in [0.15, 0.2) is 22.4 Å². The number of aromatic nitrogens is 1. The molecular weight excluding hydrogens is 438 g/mol. The molecule has 0 aliphatic rings. The van der Waals surface area contributed by atoms with Crippen LogP contribution in [0.4, 0.5) is 5.13 Å². The minimum Gasteiger partial charge on any atom is -0.504 e. The van der Waals surface area contributed by atoms with Gasteiger partial charge in [0.25, 0.3) is 0 Å². The number of ether oxygens (including phenoxy) is 1. The van der Waals surface area contributed by atoms with Crippen molar-refractivity contribution >= 4 is 28.3 Å². The number of phenolic OH excluding ortho intramolecular Hbond substituents is 1. The number of anilines is 1. The Morgan fingerprint density at radius 2 is 2.03 bits per heavy atom. The highest BCUT2D eigenvalue weighted by molar-refractivity contribution is 7.13. The molecule has 0 unspecified atom stereocenters. The second-order valence-electron chi connectivity index (χ2n) is 6.78. The summed E-state index contributed by atoms with van der Waals surface area (Å²) in [6.45, 7) is 1.25. The molecule has 0 aliphatic heterocycles. The molecule has 1 atom stereocenters. The number of nitrogens with one attached hydrogen (secondary N) is 2. The number of methoxy groups -OCH3 is 1. The lowest BCUT2D eigenvalue weighted by molar-refractivity contribution is -0.124. The summed E-state index contributed by atoms with van der Waals surface area (Å²) < 4.78 is 10.7. The maximum absolute atomic E-state index is 12.6. The smallest absolute Gasteiger partial charge is 0.245 e. The largest absolute Gasteiger partial charge is 0.504 e. The predicted octanol–water partition coefficient (Wildman–Crippen LogP) is 2.10. The maximum atomic E-state index is 12.6. The molecule has 3 aromatic rings. The molecule has 0 saturated heterocycles. The van der Waals surface area contributed by atoms with Crippen LogP contribution in [-0.4, -0.2) is 40.7 Å². The van der Waals surface area contributed by atoms with Crippen molar-refractivity contribution in [3.8, 4) is 17.2 Å². The number of carbonyl (C=O) groups is 2. The molecule has 0 fully saturated rings. The van der Waals surface area contributed by atoms with E-state index in [4.69, 9.17) is 9.15 Å². The summed E-state index contributed by atoms with van der Waals surface area (Å²) in [7, 11) is 1.37. The zero-order chi connectivity index (χ0) is 23.3. The van der Waals surface area contributed by atoms with Crippen LogP contribution >= 0.6 is 11.3 Å². The first kappa shape index (κ1) is 22.8. The van der Waals surface area contributed by atoms with Gasteiger partial charge in [-0.05, 0) is 24.6 Å². The van der Waals surface area contributed by atoms with Crippen LogP contribution in [0.1, 0.15) is 29.4 Å². The normalized spacial score (nSPS) is 11.6. The van der Waals surface area contributed by atoms with E-state index < -0.39 is 28.9 Å². The molecule has 0 saturated carbocycles. The Balaban J connectivity index is 1.84. The summed E-state index contributed by atoms with van der Waals surface area (Å²) in [6.07, 6.45) is 1.29. The number of hydrogen-bond donors (Lipinski definition) is 4. The zero-order valence-corrected chi connectivity index (χ0v) is 18.1. The average Bonchev–Trinajstić information content (AvgIpc) is 3.26. The minimum absolute atomic E-state index is 0.106. The number of rotatable bonds is 8. The van der Waals surface area contributed by atoms with Crippen molar-refractivity contribution in [1.29, 1.82) is 0 Å². The molecule has 0 aliphatic carbocycles. The van der Waals surface area contributed by atoms with Crippen molar-refractivity contribution < 1.29 is 29.0 Å². The van der Waals surface area contributed by atoms with Crippen molar-refractivity contribution in [3.63, 3.8) is 0 Å². The van der Waals surface area contributed by atoms with Crippen molar-refractivity contribution in [1.82, 2.24) is 10.3 Å². The number of aryl methyl sites for hydroxylation is 1. The Hall–Kier alpha value is -3.86. The molecule has 10 nitrogen and oxygen atoms in total. The number of thiazole rings is 1. The molecule has 0 spiro atoms. The van der Waals surface area contributed by atoms with Gasteiger partial charge in [0, 0.05) is 24.1 Å². The molecule has 11 heteroatoms. The average molecular weight is 459 g/mol. The van der Waals surface area contributed by atoms with Gasteiger partial charge in [-0.25, -0.2) is 4.98 Å². The fraction of sp³-hybridized carbons (Fsp3) is 0.238. The van der Waals surface area contributed by atoms with Gasteiger partial charge in [0.2, 0.25) is 23.0 Å². The van der Waals surface area contributed by atoms with Gasteiger partial charge in [-0.15, -0.1) is 11.3 Å². The van der Waals surface area contributed by atoms with Crippen molar-refractivity contribution in [2.75, 3.05) is 19.0 Å². The van der Waals surface area contributed by atoms with E-state index in [1.807, 2.05) is 0 Å². The van der Waals surface area contributed by atoms with E-state index in [-0.39, 0.29) is 36.0 Å². The van der Waals surface area contributed by atoms with Crippen LogP contribution < -0.4 is 20.8 Å². The highest BCUT2D eigenvalue weighted by atomic mass is 32.1. The lowest BCUT2D eigenvalue weighted by Crippen LogP contribution is -2.33. The van der Waals surface area contributed by atoms with Gasteiger partial charge in [0.05, 0.1) is 19.6 Å². The molecule has 2 aromatic heterocycles. The highest BCUT2D eigenvalue weighted by Crippen LogP contribution is 2.37. The van der Waals surface area contributed by atoms with Crippen LogP contribution in [-0.2, 0) is 9.59 Å². The Morgan fingerprint density at radius 1 is 1.25 bits per heavy atom. The number of aromatic hydroxyl groups is 2. The standard InChI is InChI=1S/C21H21N3O7S/c1-11-7-15(26)19(29)20(31-11)13(12-3-4-14(25)16(8-12)30-2)9-17(27)23-10-18(28)24-21-22-5-6-32-21/h3-8,13,25,29H,9-10H2,1-2H3,(H,23,27)(H,22,24,28)/t13-/m1/s1. The quantitative estimate of drug-likeness (QED) is 0.400. The Morgan fingerprint density at radius 3 is 2.72 bits per heavy atom. The molecule has 4 N–H and O–H groups in total. The summed E-state index contributed by atoms with van der Waals surface area (Å²) >= 11 is 1.24. The first-order chi connectivity index (χ1) is 15.3. The summed E-state index contributed by atoms with van der Waals surface area (Å²) in [5.41, 5.74) is -0.200. The van der Waals surface area contributed by atoms with E-state index >= 15 is 0 Å². The molecule has 32 heavy (non-hydrogen) atoms. The summed E-state index contributed by atoms with van der Waals surface area (Å²) in [5.74, 6) is -2.33. The van der Waals surface area contributed by atoms with Crippen LogP contribution in [0.3, 0.4) is 0 Å². The van der Waals surface area contributed by atoms with Crippen LogP contribution in [0.5, 0.6) is 17.2 Å². The van der Waals surface area contributed by atoms with Crippen molar-refractivity contribution in [2.45, 2.75) is 19.3 Å². The van der Waals surface area contributed by atoms with Gasteiger partial charge in [-0.1, -0.05) is 6.07 Å². The second-order valence-corrected chi connectivity index (χ2v) is 7.68. The number of phenols is 1. The number of hydrogen-bond acceptors (Lipinski definition) is 9. The van der Waals surface area contributed by atoms with Crippen LogP contribution in [0.2, 0.25) is 0 Å². The molecule has 2 heterocycles. The Labute approximate surface area is 186 Å². The molecule has 2 amide bonds. The van der Waals surface area contributed by atoms with Gasteiger partial charge in [-0.2, -0.15) is 0 Å². The fourth-order valence-electron chi connectivity index (χ4n) is 3.02. The molecule has 0 bridgehead atoms. The Bertz CT molecular complexity index is 1170. The predicted molar refractivity (Wildman–Crippen MR) is 116 cm³/mol. The van der Waals surface area contributed by atoms with Crippen LogP contribution in [0.15, 0.2) is 45.1 Å². The van der Waals surface area contributed by atoms with Gasteiger partial charge >= 0.3 is 0 Å². The zero-order valence-electron chi connectivity index (χ0n) is 17.2. The fourth-order valence-corrected chi connectivity index (χ4v) is 3.56. The lowest BCUT2D eigenvalue weighted by Gasteiger charge is -2.19. The third-order valence-electron chi connectivity index (χ3n) is 4.51. The highest BCUT2D eigenvalue weighted by Gasteiger charge is 2.27.